The maximum atomic E-state index is 12.5. The molecule has 1 saturated carbocycles. The number of carbonyl (C=O) groups is 1. The van der Waals surface area contributed by atoms with Crippen LogP contribution in [0, 0.1) is 17.8 Å². The van der Waals surface area contributed by atoms with Crippen molar-refractivity contribution in [2.75, 3.05) is 6.54 Å². The first kappa shape index (κ1) is 13.9. The first-order chi connectivity index (χ1) is 8.52. The van der Waals surface area contributed by atoms with Gasteiger partial charge in [0.1, 0.15) is 0 Å². The molecule has 0 aromatic heterocycles. The highest BCUT2D eigenvalue weighted by atomic mass is 16.2. The van der Waals surface area contributed by atoms with Gasteiger partial charge in [0.2, 0.25) is 5.91 Å². The number of carbonyl (C=O) groups excluding carboxylic acids is 1. The van der Waals surface area contributed by atoms with Crippen LogP contribution in [0.1, 0.15) is 52.9 Å². The second-order valence-corrected chi connectivity index (χ2v) is 6.46. The molecule has 1 aliphatic heterocycles. The van der Waals surface area contributed by atoms with Gasteiger partial charge in [-0.05, 0) is 38.0 Å². The van der Waals surface area contributed by atoms with Gasteiger partial charge in [0.15, 0.2) is 0 Å². The second-order valence-electron chi connectivity index (χ2n) is 6.46. The zero-order valence-electron chi connectivity index (χ0n) is 12.1. The third kappa shape index (κ3) is 2.56. The summed E-state index contributed by atoms with van der Waals surface area (Å²) in [6.45, 7) is 7.22. The van der Waals surface area contributed by atoms with Crippen molar-refractivity contribution >= 4 is 5.91 Å². The van der Waals surface area contributed by atoms with Crippen LogP contribution in [0.15, 0.2) is 0 Å². The fourth-order valence-corrected chi connectivity index (χ4v) is 3.67. The lowest BCUT2D eigenvalue weighted by Gasteiger charge is -2.48. The van der Waals surface area contributed by atoms with Gasteiger partial charge in [-0.1, -0.05) is 26.7 Å². The minimum absolute atomic E-state index is 0.0408. The quantitative estimate of drug-likeness (QED) is 0.820. The third-order valence-corrected chi connectivity index (χ3v) is 5.20. The predicted molar refractivity (Wildman–Crippen MR) is 74.1 cm³/mol. The predicted octanol–water partition coefficient (Wildman–Crippen LogP) is 2.40. The van der Waals surface area contributed by atoms with Crippen molar-refractivity contribution in [3.05, 3.63) is 0 Å². The molecule has 2 fully saturated rings. The highest BCUT2D eigenvalue weighted by Crippen LogP contribution is 2.39. The molecule has 0 bridgehead atoms. The monoisotopic (exact) mass is 252 g/mol. The summed E-state index contributed by atoms with van der Waals surface area (Å²) in [5.41, 5.74) is 5.89. The molecule has 5 atom stereocenters. The standard InChI is InChI=1S/C15H28N2O/c1-10-8-9-17(15(18)11(2)12(3)16)14-7-5-4-6-13(10)14/h10-14H,4-9,16H2,1-3H3. The maximum Gasteiger partial charge on any atom is 0.227 e. The Bertz CT molecular complexity index is 303. The summed E-state index contributed by atoms with van der Waals surface area (Å²) in [6.07, 6.45) is 6.30. The maximum absolute atomic E-state index is 12.5. The lowest BCUT2D eigenvalue weighted by Crippen LogP contribution is -2.55. The number of hydrogen-bond acceptors (Lipinski definition) is 2. The van der Waals surface area contributed by atoms with E-state index in [4.69, 9.17) is 5.73 Å². The van der Waals surface area contributed by atoms with Crippen molar-refractivity contribution in [1.82, 2.24) is 4.90 Å². The Kier molecular flexibility index (Phi) is 4.31. The molecule has 18 heavy (non-hydrogen) atoms. The van der Waals surface area contributed by atoms with Crippen LogP contribution < -0.4 is 5.73 Å². The Balaban J connectivity index is 2.10. The Morgan fingerprint density at radius 3 is 2.56 bits per heavy atom. The van der Waals surface area contributed by atoms with Crippen LogP contribution in [-0.4, -0.2) is 29.4 Å². The SMILES string of the molecule is CC(N)C(C)C(=O)N1CCC(C)C2CCCCC21. The first-order valence-electron chi connectivity index (χ1n) is 7.58. The lowest BCUT2D eigenvalue weighted by molar-refractivity contribution is -0.143. The number of hydrogen-bond donors (Lipinski definition) is 1. The van der Waals surface area contributed by atoms with E-state index in [9.17, 15) is 4.79 Å². The van der Waals surface area contributed by atoms with E-state index >= 15 is 0 Å². The summed E-state index contributed by atoms with van der Waals surface area (Å²) in [4.78, 5) is 14.7. The summed E-state index contributed by atoms with van der Waals surface area (Å²) < 4.78 is 0. The molecule has 0 radical (unpaired) electrons. The molecule has 1 aliphatic carbocycles. The van der Waals surface area contributed by atoms with Crippen molar-refractivity contribution < 1.29 is 4.79 Å². The summed E-state index contributed by atoms with van der Waals surface area (Å²) in [5, 5.41) is 0. The molecule has 0 aromatic carbocycles. The Hall–Kier alpha value is -0.570. The van der Waals surface area contributed by atoms with Gasteiger partial charge in [0.05, 0.1) is 5.92 Å². The first-order valence-corrected chi connectivity index (χ1v) is 7.58. The molecule has 2 N–H and O–H groups in total. The number of likely N-dealkylation sites (tertiary alicyclic amines) is 1. The van der Waals surface area contributed by atoms with Crippen LogP contribution in [0.2, 0.25) is 0 Å². The molecule has 2 rings (SSSR count). The van der Waals surface area contributed by atoms with Crippen LogP contribution in [0.4, 0.5) is 0 Å². The number of rotatable bonds is 2. The fraction of sp³-hybridized carbons (Fsp3) is 0.933. The van der Waals surface area contributed by atoms with Crippen LogP contribution in [0.3, 0.4) is 0 Å². The molecule has 0 aromatic rings. The average Bonchev–Trinajstić information content (AvgIpc) is 2.38. The molecule has 5 unspecified atom stereocenters. The van der Waals surface area contributed by atoms with E-state index in [0.717, 1.165) is 18.4 Å². The molecule has 3 heteroatoms. The molecule has 104 valence electrons. The van der Waals surface area contributed by atoms with E-state index in [2.05, 4.69) is 11.8 Å². The minimum atomic E-state index is -0.0427. The topological polar surface area (TPSA) is 46.3 Å². The van der Waals surface area contributed by atoms with Gasteiger partial charge >= 0.3 is 0 Å². The van der Waals surface area contributed by atoms with Crippen molar-refractivity contribution in [3.63, 3.8) is 0 Å². The van der Waals surface area contributed by atoms with Crippen LogP contribution in [0.25, 0.3) is 0 Å². The van der Waals surface area contributed by atoms with E-state index in [0.29, 0.717) is 6.04 Å². The van der Waals surface area contributed by atoms with Crippen molar-refractivity contribution in [2.24, 2.45) is 23.5 Å². The number of fused-ring (bicyclic) bond motifs is 1. The zero-order valence-corrected chi connectivity index (χ0v) is 12.1. The third-order valence-electron chi connectivity index (χ3n) is 5.20. The second kappa shape index (κ2) is 5.60. The van der Waals surface area contributed by atoms with Gasteiger partial charge in [0, 0.05) is 18.6 Å². The Morgan fingerprint density at radius 1 is 1.22 bits per heavy atom. The molecular formula is C15H28N2O. The van der Waals surface area contributed by atoms with Crippen molar-refractivity contribution in [3.8, 4) is 0 Å². The largest absolute Gasteiger partial charge is 0.339 e. The molecule has 3 nitrogen and oxygen atoms in total. The number of amides is 1. The van der Waals surface area contributed by atoms with Crippen LogP contribution in [0.5, 0.6) is 0 Å². The summed E-state index contributed by atoms with van der Waals surface area (Å²) >= 11 is 0. The highest BCUT2D eigenvalue weighted by Gasteiger charge is 2.40. The zero-order chi connectivity index (χ0) is 13.3. The highest BCUT2D eigenvalue weighted by molar-refractivity contribution is 5.79. The van der Waals surface area contributed by atoms with Gasteiger partial charge in [0.25, 0.3) is 0 Å². The summed E-state index contributed by atoms with van der Waals surface area (Å²) in [6, 6.07) is 0.454. The lowest BCUT2D eigenvalue weighted by atomic mass is 9.72. The summed E-state index contributed by atoms with van der Waals surface area (Å²) in [7, 11) is 0. The van der Waals surface area contributed by atoms with Crippen LogP contribution in [-0.2, 0) is 4.79 Å². The molecular weight excluding hydrogens is 224 g/mol. The number of piperidine rings is 1. The van der Waals surface area contributed by atoms with Crippen molar-refractivity contribution in [1.29, 1.82) is 0 Å². The Labute approximate surface area is 111 Å². The molecule has 1 amide bonds. The van der Waals surface area contributed by atoms with Crippen LogP contribution >= 0.6 is 0 Å². The van der Waals surface area contributed by atoms with E-state index in [-0.39, 0.29) is 17.9 Å². The van der Waals surface area contributed by atoms with E-state index in [1.165, 1.54) is 32.1 Å². The van der Waals surface area contributed by atoms with E-state index < -0.39 is 0 Å². The molecule has 1 heterocycles. The number of nitrogens with zero attached hydrogens (tertiary/aromatic N) is 1. The number of nitrogens with two attached hydrogens (primary N) is 1. The fourth-order valence-electron chi connectivity index (χ4n) is 3.67. The van der Waals surface area contributed by atoms with Gasteiger partial charge in [-0.15, -0.1) is 0 Å². The molecule has 1 saturated heterocycles. The van der Waals surface area contributed by atoms with Gasteiger partial charge < -0.3 is 10.6 Å². The van der Waals surface area contributed by atoms with E-state index in [1.807, 2.05) is 13.8 Å². The summed E-state index contributed by atoms with van der Waals surface area (Å²) in [5.74, 6) is 1.76. The van der Waals surface area contributed by atoms with Gasteiger partial charge in [-0.3, -0.25) is 4.79 Å². The smallest absolute Gasteiger partial charge is 0.227 e. The molecule has 0 spiro atoms. The van der Waals surface area contributed by atoms with Gasteiger partial charge in [-0.2, -0.15) is 0 Å². The molecule has 2 aliphatic rings. The van der Waals surface area contributed by atoms with Gasteiger partial charge in [-0.25, -0.2) is 0 Å². The minimum Gasteiger partial charge on any atom is -0.339 e. The normalized spacial score (nSPS) is 35.8. The van der Waals surface area contributed by atoms with E-state index in [1.54, 1.807) is 0 Å². The average molecular weight is 252 g/mol. The Morgan fingerprint density at radius 2 is 1.89 bits per heavy atom. The van der Waals surface area contributed by atoms with Crippen molar-refractivity contribution in [2.45, 2.75) is 65.0 Å².